The first-order valence-corrected chi connectivity index (χ1v) is 8.19. The minimum absolute atomic E-state index is 0.610. The maximum atomic E-state index is 5.52. The van der Waals surface area contributed by atoms with Crippen LogP contribution in [0.15, 0.2) is 4.99 Å². The monoisotopic (exact) mass is 275 g/mol. The van der Waals surface area contributed by atoms with Crippen LogP contribution in [0.5, 0.6) is 0 Å². The van der Waals surface area contributed by atoms with E-state index in [9.17, 15) is 0 Å². The van der Waals surface area contributed by atoms with E-state index < -0.39 is 0 Å². The zero-order chi connectivity index (χ0) is 13.6. The zero-order valence-corrected chi connectivity index (χ0v) is 13.1. The molecule has 108 valence electrons. The number of nitrogens with zero attached hydrogens (tertiary/aromatic N) is 1. The van der Waals surface area contributed by atoms with Crippen LogP contribution in [0.1, 0.15) is 27.2 Å². The first-order chi connectivity index (χ1) is 8.70. The lowest BCUT2D eigenvalue weighted by molar-refractivity contribution is 0.109. The number of nitrogens with one attached hydrogen (secondary N) is 2. The molecule has 0 saturated carbocycles. The number of hydrogen-bond donors (Lipinski definition) is 2. The van der Waals surface area contributed by atoms with E-state index in [1.165, 1.54) is 0 Å². The summed E-state index contributed by atoms with van der Waals surface area (Å²) < 4.78 is 5.52. The molecular formula is C13H29N3OS. The highest BCUT2D eigenvalue weighted by Gasteiger charge is 1.96. The molecule has 0 saturated heterocycles. The molecule has 18 heavy (non-hydrogen) atoms. The average molecular weight is 275 g/mol. The Morgan fingerprint density at radius 2 is 2.11 bits per heavy atom. The number of thioether (sulfide) groups is 1. The Bertz CT molecular complexity index is 210. The molecule has 0 spiro atoms. The van der Waals surface area contributed by atoms with Gasteiger partial charge >= 0.3 is 0 Å². The molecule has 0 atom stereocenters. The molecule has 0 heterocycles. The number of aliphatic imine (C=N–C) groups is 1. The Kier molecular flexibility index (Phi) is 12.7. The first kappa shape index (κ1) is 17.6. The van der Waals surface area contributed by atoms with Crippen LogP contribution in [0.3, 0.4) is 0 Å². The van der Waals surface area contributed by atoms with Crippen molar-refractivity contribution in [2.45, 2.75) is 27.2 Å². The van der Waals surface area contributed by atoms with Crippen molar-refractivity contribution >= 4 is 17.7 Å². The van der Waals surface area contributed by atoms with Crippen LogP contribution in [-0.2, 0) is 4.74 Å². The average Bonchev–Trinajstić information content (AvgIpc) is 2.33. The second-order valence-corrected chi connectivity index (χ2v) is 5.49. The van der Waals surface area contributed by atoms with Crippen LogP contribution in [0.25, 0.3) is 0 Å². The van der Waals surface area contributed by atoms with E-state index in [0.29, 0.717) is 5.92 Å². The highest BCUT2D eigenvalue weighted by Crippen LogP contribution is 1.93. The van der Waals surface area contributed by atoms with Crippen LogP contribution in [0.2, 0.25) is 0 Å². The molecule has 0 unspecified atom stereocenters. The van der Waals surface area contributed by atoms with E-state index in [1.807, 2.05) is 11.8 Å². The Morgan fingerprint density at radius 3 is 2.72 bits per heavy atom. The smallest absolute Gasteiger partial charge is 0.191 e. The van der Waals surface area contributed by atoms with Gasteiger partial charge in [-0.05, 0) is 25.5 Å². The fraction of sp³-hybridized carbons (Fsp3) is 0.923. The van der Waals surface area contributed by atoms with Crippen molar-refractivity contribution in [3.05, 3.63) is 0 Å². The molecule has 4 nitrogen and oxygen atoms in total. The first-order valence-electron chi connectivity index (χ1n) is 6.79. The van der Waals surface area contributed by atoms with Crippen molar-refractivity contribution in [3.63, 3.8) is 0 Å². The SMILES string of the molecule is CCNC(=NCCCOCC(C)C)NCCSC. The van der Waals surface area contributed by atoms with Gasteiger partial charge in [0, 0.05) is 38.6 Å². The third-order valence-corrected chi connectivity index (χ3v) is 2.72. The van der Waals surface area contributed by atoms with E-state index in [4.69, 9.17) is 4.74 Å². The molecule has 0 aliphatic heterocycles. The Balaban J connectivity index is 3.65. The third-order valence-electron chi connectivity index (χ3n) is 2.11. The van der Waals surface area contributed by atoms with Crippen molar-refractivity contribution < 1.29 is 4.74 Å². The molecule has 0 fully saturated rings. The summed E-state index contributed by atoms with van der Waals surface area (Å²) in [6.07, 6.45) is 3.09. The van der Waals surface area contributed by atoms with Gasteiger partial charge in [0.05, 0.1) is 0 Å². The minimum atomic E-state index is 0.610. The third kappa shape index (κ3) is 12.0. The van der Waals surface area contributed by atoms with Gasteiger partial charge in [-0.2, -0.15) is 11.8 Å². The van der Waals surface area contributed by atoms with Gasteiger partial charge in [0.15, 0.2) is 5.96 Å². The van der Waals surface area contributed by atoms with Crippen molar-refractivity contribution in [1.29, 1.82) is 0 Å². The van der Waals surface area contributed by atoms with Crippen molar-refractivity contribution in [1.82, 2.24) is 10.6 Å². The van der Waals surface area contributed by atoms with Gasteiger partial charge in [-0.15, -0.1) is 0 Å². The van der Waals surface area contributed by atoms with Gasteiger partial charge in [-0.25, -0.2) is 0 Å². The summed E-state index contributed by atoms with van der Waals surface area (Å²) >= 11 is 1.83. The summed E-state index contributed by atoms with van der Waals surface area (Å²) in [5, 5.41) is 6.55. The molecule has 2 N–H and O–H groups in total. The minimum Gasteiger partial charge on any atom is -0.381 e. The van der Waals surface area contributed by atoms with Crippen molar-refractivity contribution in [3.8, 4) is 0 Å². The second kappa shape index (κ2) is 13.0. The quantitative estimate of drug-likeness (QED) is 0.363. The van der Waals surface area contributed by atoms with Crippen LogP contribution in [0.4, 0.5) is 0 Å². The van der Waals surface area contributed by atoms with E-state index in [2.05, 4.69) is 42.7 Å². The summed E-state index contributed by atoms with van der Waals surface area (Å²) in [4.78, 5) is 4.51. The summed E-state index contributed by atoms with van der Waals surface area (Å²) in [7, 11) is 0. The zero-order valence-electron chi connectivity index (χ0n) is 12.3. The fourth-order valence-corrected chi connectivity index (χ4v) is 1.60. The molecule has 0 radical (unpaired) electrons. The lowest BCUT2D eigenvalue weighted by atomic mass is 10.2. The Labute approximate surface area is 116 Å². The predicted molar refractivity (Wildman–Crippen MR) is 82.6 cm³/mol. The fourth-order valence-electron chi connectivity index (χ4n) is 1.29. The molecule has 0 aromatic rings. The number of ether oxygens (including phenoxy) is 1. The van der Waals surface area contributed by atoms with Gasteiger partial charge in [0.25, 0.3) is 0 Å². The highest BCUT2D eigenvalue weighted by molar-refractivity contribution is 7.98. The van der Waals surface area contributed by atoms with Crippen LogP contribution < -0.4 is 10.6 Å². The van der Waals surface area contributed by atoms with Crippen LogP contribution >= 0.6 is 11.8 Å². The second-order valence-electron chi connectivity index (χ2n) is 4.50. The highest BCUT2D eigenvalue weighted by atomic mass is 32.2. The Hall–Kier alpha value is -0.420. The van der Waals surface area contributed by atoms with Crippen LogP contribution in [0, 0.1) is 5.92 Å². The molecule has 0 bridgehead atoms. The normalized spacial score (nSPS) is 11.9. The molecular weight excluding hydrogens is 246 g/mol. The van der Waals surface area contributed by atoms with E-state index >= 15 is 0 Å². The topological polar surface area (TPSA) is 45.7 Å². The van der Waals surface area contributed by atoms with Gasteiger partial charge in [-0.3, -0.25) is 4.99 Å². The van der Waals surface area contributed by atoms with Gasteiger partial charge in [0.2, 0.25) is 0 Å². The predicted octanol–water partition coefficient (Wildman–Crippen LogP) is 1.97. The summed E-state index contributed by atoms with van der Waals surface area (Å²) in [5.41, 5.74) is 0. The van der Waals surface area contributed by atoms with E-state index in [1.54, 1.807) is 0 Å². The van der Waals surface area contributed by atoms with E-state index in [0.717, 1.165) is 51.0 Å². The molecule has 0 rings (SSSR count). The number of hydrogen-bond acceptors (Lipinski definition) is 3. The maximum Gasteiger partial charge on any atom is 0.191 e. The molecule has 0 aromatic carbocycles. The summed E-state index contributed by atoms with van der Waals surface area (Å²) in [6, 6.07) is 0. The van der Waals surface area contributed by atoms with Gasteiger partial charge < -0.3 is 15.4 Å². The largest absolute Gasteiger partial charge is 0.381 e. The lowest BCUT2D eigenvalue weighted by Crippen LogP contribution is -2.38. The summed E-state index contributed by atoms with van der Waals surface area (Å²) in [6.45, 7) is 10.7. The summed E-state index contributed by atoms with van der Waals surface area (Å²) in [5.74, 6) is 2.62. The standard InChI is InChI=1S/C13H29N3OS/c1-5-14-13(16-8-10-18-4)15-7-6-9-17-11-12(2)3/h12H,5-11H2,1-4H3,(H2,14,15,16). The number of guanidine groups is 1. The maximum absolute atomic E-state index is 5.52. The molecule has 0 aliphatic carbocycles. The molecule has 0 aliphatic rings. The van der Waals surface area contributed by atoms with Crippen LogP contribution in [-0.4, -0.2) is 50.8 Å². The Morgan fingerprint density at radius 1 is 1.33 bits per heavy atom. The van der Waals surface area contributed by atoms with E-state index in [-0.39, 0.29) is 0 Å². The molecule has 0 aromatic heterocycles. The van der Waals surface area contributed by atoms with Gasteiger partial charge in [0.1, 0.15) is 0 Å². The number of rotatable bonds is 10. The van der Waals surface area contributed by atoms with Crippen molar-refractivity contribution in [2.75, 3.05) is 44.9 Å². The van der Waals surface area contributed by atoms with Crippen molar-refractivity contribution in [2.24, 2.45) is 10.9 Å². The lowest BCUT2D eigenvalue weighted by Gasteiger charge is -2.10. The molecule has 5 heteroatoms. The van der Waals surface area contributed by atoms with Gasteiger partial charge in [-0.1, -0.05) is 13.8 Å². The molecule has 0 amide bonds.